The molecule has 0 aliphatic heterocycles. The van der Waals surface area contributed by atoms with Crippen molar-refractivity contribution >= 4 is 23.1 Å². The van der Waals surface area contributed by atoms with E-state index >= 15 is 0 Å². The molecule has 1 heterocycles. The Labute approximate surface area is 199 Å². The van der Waals surface area contributed by atoms with Crippen LogP contribution in [0.5, 0.6) is 5.75 Å². The molecule has 0 saturated carbocycles. The Hall–Kier alpha value is -2.99. The van der Waals surface area contributed by atoms with Crippen molar-refractivity contribution in [3.8, 4) is 16.3 Å². The SMILES string of the molecule is CCOC(=O)c1sc(-c2ccc(OC(C)C)c(C(C)Cc3ccccc3C(C)=O)c2)nc1C. The second-order valence-electron chi connectivity index (χ2n) is 8.39. The fourth-order valence-electron chi connectivity index (χ4n) is 3.82. The molecule has 1 aromatic heterocycles. The van der Waals surface area contributed by atoms with Crippen molar-refractivity contribution in [2.24, 2.45) is 0 Å². The Morgan fingerprint density at radius 2 is 1.82 bits per heavy atom. The van der Waals surface area contributed by atoms with Gasteiger partial charge in [0.25, 0.3) is 0 Å². The average Bonchev–Trinajstić information content (AvgIpc) is 3.15. The zero-order valence-electron chi connectivity index (χ0n) is 20.1. The van der Waals surface area contributed by atoms with E-state index in [0.717, 1.165) is 33.0 Å². The molecule has 1 unspecified atom stereocenters. The predicted molar refractivity (Wildman–Crippen MR) is 133 cm³/mol. The van der Waals surface area contributed by atoms with Crippen LogP contribution in [0, 0.1) is 6.92 Å². The third-order valence-electron chi connectivity index (χ3n) is 5.33. The number of thiazole rings is 1. The second-order valence-corrected chi connectivity index (χ2v) is 9.39. The average molecular weight is 466 g/mol. The molecule has 33 heavy (non-hydrogen) atoms. The summed E-state index contributed by atoms with van der Waals surface area (Å²) in [4.78, 5) is 29.5. The van der Waals surface area contributed by atoms with Crippen LogP contribution in [0.3, 0.4) is 0 Å². The van der Waals surface area contributed by atoms with Gasteiger partial charge in [0.15, 0.2) is 5.78 Å². The fraction of sp³-hybridized carbons (Fsp3) is 0.370. The van der Waals surface area contributed by atoms with E-state index in [1.807, 2.05) is 57.2 Å². The van der Waals surface area contributed by atoms with Gasteiger partial charge in [-0.1, -0.05) is 31.2 Å². The third-order valence-corrected chi connectivity index (χ3v) is 6.52. The lowest BCUT2D eigenvalue weighted by atomic mass is 9.89. The highest BCUT2D eigenvalue weighted by Gasteiger charge is 2.21. The van der Waals surface area contributed by atoms with Crippen LogP contribution in [0.2, 0.25) is 0 Å². The topological polar surface area (TPSA) is 65.5 Å². The number of ether oxygens (including phenoxy) is 2. The van der Waals surface area contributed by atoms with Gasteiger partial charge in [0.1, 0.15) is 15.6 Å². The minimum absolute atomic E-state index is 0.0313. The lowest BCUT2D eigenvalue weighted by molar-refractivity contribution is 0.0531. The van der Waals surface area contributed by atoms with Crippen molar-refractivity contribution in [2.45, 2.75) is 60.0 Å². The molecule has 0 aliphatic rings. The zero-order valence-corrected chi connectivity index (χ0v) is 20.9. The second kappa shape index (κ2) is 10.8. The molecule has 0 N–H and O–H groups in total. The Balaban J connectivity index is 2.00. The number of carbonyl (C=O) groups is 2. The summed E-state index contributed by atoms with van der Waals surface area (Å²) in [7, 11) is 0. The molecule has 0 amide bonds. The summed E-state index contributed by atoms with van der Waals surface area (Å²) in [5.74, 6) is 0.646. The van der Waals surface area contributed by atoms with Crippen molar-refractivity contribution < 1.29 is 19.1 Å². The van der Waals surface area contributed by atoms with Crippen molar-refractivity contribution in [3.63, 3.8) is 0 Å². The maximum absolute atomic E-state index is 12.3. The number of esters is 1. The molecule has 3 aromatic rings. The van der Waals surface area contributed by atoms with Gasteiger partial charge in [-0.25, -0.2) is 9.78 Å². The Morgan fingerprint density at radius 3 is 2.48 bits per heavy atom. The van der Waals surface area contributed by atoms with Gasteiger partial charge in [0, 0.05) is 11.1 Å². The highest BCUT2D eigenvalue weighted by atomic mass is 32.1. The monoisotopic (exact) mass is 465 g/mol. The van der Waals surface area contributed by atoms with Gasteiger partial charge >= 0.3 is 5.97 Å². The number of ketones is 1. The smallest absolute Gasteiger partial charge is 0.350 e. The maximum Gasteiger partial charge on any atom is 0.350 e. The van der Waals surface area contributed by atoms with Crippen LogP contribution < -0.4 is 4.74 Å². The molecule has 0 fully saturated rings. The van der Waals surface area contributed by atoms with Crippen molar-refractivity contribution in [1.82, 2.24) is 4.98 Å². The highest BCUT2D eigenvalue weighted by molar-refractivity contribution is 7.17. The van der Waals surface area contributed by atoms with Crippen LogP contribution in [0.15, 0.2) is 42.5 Å². The van der Waals surface area contributed by atoms with E-state index in [-0.39, 0.29) is 23.8 Å². The van der Waals surface area contributed by atoms with E-state index in [9.17, 15) is 9.59 Å². The standard InChI is InChI=1S/C27H31NO4S/c1-7-31-27(30)25-18(5)28-26(33-25)21-12-13-24(32-16(2)3)23(15-21)17(4)14-20-10-8-9-11-22(20)19(6)29/h8-13,15-17H,7,14H2,1-6H3. The summed E-state index contributed by atoms with van der Waals surface area (Å²) in [6, 6.07) is 13.8. The van der Waals surface area contributed by atoms with Crippen LogP contribution in [-0.2, 0) is 11.2 Å². The molecule has 3 rings (SSSR count). The number of aryl methyl sites for hydroxylation is 1. The van der Waals surface area contributed by atoms with E-state index in [1.165, 1.54) is 11.3 Å². The van der Waals surface area contributed by atoms with E-state index in [4.69, 9.17) is 9.47 Å². The van der Waals surface area contributed by atoms with Gasteiger partial charge in [-0.3, -0.25) is 4.79 Å². The quantitative estimate of drug-likeness (QED) is 0.262. The molecule has 0 spiro atoms. The minimum atomic E-state index is -0.340. The lowest BCUT2D eigenvalue weighted by Crippen LogP contribution is -2.10. The van der Waals surface area contributed by atoms with Gasteiger partial charge in [-0.15, -0.1) is 11.3 Å². The third kappa shape index (κ3) is 5.88. The molecule has 0 aliphatic carbocycles. The Bertz CT molecular complexity index is 1150. The molecule has 0 saturated heterocycles. The molecule has 6 heteroatoms. The van der Waals surface area contributed by atoms with E-state index in [2.05, 4.69) is 18.0 Å². The number of rotatable bonds is 9. The largest absolute Gasteiger partial charge is 0.491 e. The molecule has 0 radical (unpaired) electrons. The van der Waals surface area contributed by atoms with Crippen molar-refractivity contribution in [2.75, 3.05) is 6.61 Å². The maximum atomic E-state index is 12.3. The number of nitrogens with zero attached hydrogens (tertiary/aromatic N) is 1. The number of carbonyl (C=O) groups excluding carboxylic acids is 2. The van der Waals surface area contributed by atoms with Crippen LogP contribution in [0.25, 0.3) is 10.6 Å². The first kappa shape index (κ1) is 24.6. The van der Waals surface area contributed by atoms with Crippen LogP contribution in [0.4, 0.5) is 0 Å². The summed E-state index contributed by atoms with van der Waals surface area (Å²) < 4.78 is 11.3. The first-order valence-corrected chi connectivity index (χ1v) is 12.1. The first-order chi connectivity index (χ1) is 15.7. The number of Topliss-reactive ketones (excluding diaryl/α,β-unsaturated/α-hetero) is 1. The van der Waals surface area contributed by atoms with Gasteiger partial charge in [-0.05, 0) is 76.3 Å². The molecular weight excluding hydrogens is 434 g/mol. The normalized spacial score (nSPS) is 12.0. The van der Waals surface area contributed by atoms with E-state index in [0.29, 0.717) is 23.6 Å². The summed E-state index contributed by atoms with van der Waals surface area (Å²) in [6.07, 6.45) is 0.738. The predicted octanol–water partition coefficient (Wildman–Crippen LogP) is 6.63. The summed E-state index contributed by atoms with van der Waals surface area (Å²) >= 11 is 1.34. The van der Waals surface area contributed by atoms with Crippen LogP contribution in [-0.4, -0.2) is 29.4 Å². The number of benzene rings is 2. The molecule has 2 aromatic carbocycles. The number of hydrogen-bond donors (Lipinski definition) is 0. The van der Waals surface area contributed by atoms with Gasteiger partial charge < -0.3 is 9.47 Å². The van der Waals surface area contributed by atoms with E-state index < -0.39 is 0 Å². The first-order valence-electron chi connectivity index (χ1n) is 11.3. The summed E-state index contributed by atoms with van der Waals surface area (Å²) in [5.41, 5.74) is 4.41. The number of aromatic nitrogens is 1. The summed E-state index contributed by atoms with van der Waals surface area (Å²) in [5, 5.41) is 0.768. The van der Waals surface area contributed by atoms with Crippen LogP contribution >= 0.6 is 11.3 Å². The van der Waals surface area contributed by atoms with Gasteiger partial charge in [-0.2, -0.15) is 0 Å². The van der Waals surface area contributed by atoms with Crippen molar-refractivity contribution in [3.05, 3.63) is 69.7 Å². The molecular formula is C27H31NO4S. The Kier molecular flexibility index (Phi) is 8.03. The van der Waals surface area contributed by atoms with Crippen molar-refractivity contribution in [1.29, 1.82) is 0 Å². The highest BCUT2D eigenvalue weighted by Crippen LogP contribution is 2.36. The van der Waals surface area contributed by atoms with Gasteiger partial charge in [0.05, 0.1) is 18.4 Å². The fourth-order valence-corrected chi connectivity index (χ4v) is 4.77. The Morgan fingerprint density at radius 1 is 1.09 bits per heavy atom. The molecule has 0 bridgehead atoms. The molecule has 1 atom stereocenters. The lowest BCUT2D eigenvalue weighted by Gasteiger charge is -2.20. The minimum Gasteiger partial charge on any atom is -0.491 e. The zero-order chi connectivity index (χ0) is 24.1. The summed E-state index contributed by atoms with van der Waals surface area (Å²) in [6.45, 7) is 11.7. The van der Waals surface area contributed by atoms with E-state index in [1.54, 1.807) is 13.8 Å². The molecule has 174 valence electrons. The molecule has 5 nitrogen and oxygen atoms in total. The number of hydrogen-bond acceptors (Lipinski definition) is 6. The van der Waals surface area contributed by atoms with Gasteiger partial charge in [0.2, 0.25) is 0 Å². The van der Waals surface area contributed by atoms with Crippen LogP contribution in [0.1, 0.15) is 77.4 Å².